The number of nitrogens with one attached hydrogen (secondary N) is 2. The number of aliphatic imine (C=N–C) groups is 1. The van der Waals surface area contributed by atoms with Gasteiger partial charge in [-0.1, -0.05) is 24.3 Å². The lowest BCUT2D eigenvalue weighted by Crippen LogP contribution is -2.36. The minimum atomic E-state index is 0.521. The summed E-state index contributed by atoms with van der Waals surface area (Å²) in [4.78, 5) is 6.43. The van der Waals surface area contributed by atoms with E-state index in [0.29, 0.717) is 32.9 Å². The second-order valence-electron chi connectivity index (χ2n) is 7.53. The summed E-state index contributed by atoms with van der Waals surface area (Å²) >= 11 is 0. The van der Waals surface area contributed by atoms with Crippen LogP contribution < -0.4 is 20.1 Å². The summed E-state index contributed by atoms with van der Waals surface area (Å²) in [5, 5.41) is 6.71. The molecule has 0 saturated heterocycles. The third-order valence-corrected chi connectivity index (χ3v) is 4.60. The first-order chi connectivity index (χ1) is 15.0. The van der Waals surface area contributed by atoms with E-state index < -0.39 is 0 Å². The van der Waals surface area contributed by atoms with Gasteiger partial charge in [0.1, 0.15) is 24.7 Å². The summed E-state index contributed by atoms with van der Waals surface area (Å²) in [7, 11) is 7.51. The molecule has 170 valence electrons. The molecule has 7 heteroatoms. The summed E-state index contributed by atoms with van der Waals surface area (Å²) in [5.41, 5.74) is 3.36. The molecule has 2 aromatic carbocycles. The van der Waals surface area contributed by atoms with E-state index in [1.807, 2.05) is 32.3 Å². The van der Waals surface area contributed by atoms with E-state index >= 15 is 0 Å². The SMILES string of the molecule is CN=C(NCc1cccc(OCCN(C)C)c1)NCc1ccc(C)cc1OCCOC. The Hall–Kier alpha value is -2.77. The van der Waals surface area contributed by atoms with Crippen molar-refractivity contribution in [2.24, 2.45) is 4.99 Å². The van der Waals surface area contributed by atoms with Gasteiger partial charge in [0, 0.05) is 39.4 Å². The Balaban J connectivity index is 1.88. The van der Waals surface area contributed by atoms with Gasteiger partial charge in [0.05, 0.1) is 6.61 Å². The van der Waals surface area contributed by atoms with E-state index in [-0.39, 0.29) is 0 Å². The molecular weight excluding hydrogens is 392 g/mol. The lowest BCUT2D eigenvalue weighted by Gasteiger charge is -2.16. The first-order valence-electron chi connectivity index (χ1n) is 10.5. The van der Waals surface area contributed by atoms with Crippen molar-refractivity contribution in [1.29, 1.82) is 0 Å². The fraction of sp³-hybridized carbons (Fsp3) is 0.458. The topological polar surface area (TPSA) is 67.4 Å². The monoisotopic (exact) mass is 428 g/mol. The molecular formula is C24H36N4O3. The first kappa shape index (κ1) is 24.5. The summed E-state index contributed by atoms with van der Waals surface area (Å²) < 4.78 is 16.8. The van der Waals surface area contributed by atoms with Gasteiger partial charge < -0.3 is 29.7 Å². The van der Waals surface area contributed by atoms with Gasteiger partial charge >= 0.3 is 0 Å². The van der Waals surface area contributed by atoms with E-state index in [0.717, 1.165) is 40.7 Å². The van der Waals surface area contributed by atoms with Gasteiger partial charge in [0.2, 0.25) is 0 Å². The number of benzene rings is 2. The third kappa shape index (κ3) is 9.27. The lowest BCUT2D eigenvalue weighted by atomic mass is 10.1. The average molecular weight is 429 g/mol. The highest BCUT2D eigenvalue weighted by molar-refractivity contribution is 5.79. The van der Waals surface area contributed by atoms with E-state index in [1.54, 1.807) is 14.2 Å². The highest BCUT2D eigenvalue weighted by Crippen LogP contribution is 2.20. The van der Waals surface area contributed by atoms with Crippen molar-refractivity contribution in [3.8, 4) is 11.5 Å². The molecule has 0 aliphatic carbocycles. The molecule has 31 heavy (non-hydrogen) atoms. The number of nitrogens with zero attached hydrogens (tertiary/aromatic N) is 2. The predicted molar refractivity (Wildman–Crippen MR) is 126 cm³/mol. The van der Waals surface area contributed by atoms with E-state index in [2.05, 4.69) is 51.7 Å². The van der Waals surface area contributed by atoms with Crippen LogP contribution in [-0.2, 0) is 17.8 Å². The van der Waals surface area contributed by atoms with Crippen LogP contribution in [0.5, 0.6) is 11.5 Å². The fourth-order valence-corrected chi connectivity index (χ4v) is 2.85. The van der Waals surface area contributed by atoms with Crippen LogP contribution in [0.25, 0.3) is 0 Å². The van der Waals surface area contributed by atoms with Crippen molar-refractivity contribution in [3.05, 3.63) is 59.2 Å². The van der Waals surface area contributed by atoms with Crippen molar-refractivity contribution in [2.45, 2.75) is 20.0 Å². The molecule has 0 atom stereocenters. The zero-order valence-electron chi connectivity index (χ0n) is 19.4. The zero-order chi connectivity index (χ0) is 22.5. The van der Waals surface area contributed by atoms with Gasteiger partial charge in [0.15, 0.2) is 5.96 Å². The number of guanidine groups is 1. The summed E-state index contributed by atoms with van der Waals surface area (Å²) in [6, 6.07) is 14.3. The Morgan fingerprint density at radius 2 is 1.77 bits per heavy atom. The van der Waals surface area contributed by atoms with Crippen LogP contribution in [-0.4, -0.2) is 65.5 Å². The van der Waals surface area contributed by atoms with Crippen molar-refractivity contribution in [3.63, 3.8) is 0 Å². The van der Waals surface area contributed by atoms with Gasteiger partial charge in [-0.25, -0.2) is 0 Å². The molecule has 0 aliphatic rings. The van der Waals surface area contributed by atoms with Crippen molar-refractivity contribution >= 4 is 5.96 Å². The Bertz CT molecular complexity index is 824. The van der Waals surface area contributed by atoms with E-state index in [4.69, 9.17) is 14.2 Å². The van der Waals surface area contributed by atoms with Crippen LogP contribution >= 0.6 is 0 Å². The molecule has 0 radical (unpaired) electrons. The van der Waals surface area contributed by atoms with Crippen LogP contribution in [0.15, 0.2) is 47.5 Å². The Morgan fingerprint density at radius 1 is 0.968 bits per heavy atom. The minimum absolute atomic E-state index is 0.521. The smallest absolute Gasteiger partial charge is 0.191 e. The van der Waals surface area contributed by atoms with Gasteiger partial charge in [-0.05, 0) is 50.3 Å². The van der Waals surface area contributed by atoms with Crippen molar-refractivity contribution in [2.75, 3.05) is 54.6 Å². The van der Waals surface area contributed by atoms with Gasteiger partial charge in [-0.3, -0.25) is 4.99 Å². The largest absolute Gasteiger partial charge is 0.492 e. The molecule has 0 amide bonds. The van der Waals surface area contributed by atoms with E-state index in [9.17, 15) is 0 Å². The number of hydrogen-bond acceptors (Lipinski definition) is 5. The molecule has 0 aliphatic heterocycles. The van der Waals surface area contributed by atoms with Gasteiger partial charge in [0.25, 0.3) is 0 Å². The molecule has 0 saturated carbocycles. The van der Waals surface area contributed by atoms with Crippen LogP contribution in [0.3, 0.4) is 0 Å². The number of ether oxygens (including phenoxy) is 3. The first-order valence-corrected chi connectivity index (χ1v) is 10.5. The highest BCUT2D eigenvalue weighted by atomic mass is 16.5. The molecule has 2 rings (SSSR count). The molecule has 0 aromatic heterocycles. The molecule has 0 fully saturated rings. The zero-order valence-corrected chi connectivity index (χ0v) is 19.4. The van der Waals surface area contributed by atoms with Gasteiger partial charge in [-0.2, -0.15) is 0 Å². The lowest BCUT2D eigenvalue weighted by molar-refractivity contribution is 0.145. The highest BCUT2D eigenvalue weighted by Gasteiger charge is 2.07. The second-order valence-corrected chi connectivity index (χ2v) is 7.53. The third-order valence-electron chi connectivity index (χ3n) is 4.60. The number of hydrogen-bond donors (Lipinski definition) is 2. The number of aryl methyl sites for hydroxylation is 1. The maximum Gasteiger partial charge on any atom is 0.191 e. The van der Waals surface area contributed by atoms with Crippen molar-refractivity contribution in [1.82, 2.24) is 15.5 Å². The van der Waals surface area contributed by atoms with Crippen LogP contribution in [0.4, 0.5) is 0 Å². The normalized spacial score (nSPS) is 11.5. The minimum Gasteiger partial charge on any atom is -0.492 e. The molecule has 2 N–H and O–H groups in total. The van der Waals surface area contributed by atoms with Crippen LogP contribution in [0, 0.1) is 6.92 Å². The Labute approximate surface area is 186 Å². The summed E-state index contributed by atoms with van der Waals surface area (Å²) in [6.07, 6.45) is 0. The number of likely N-dealkylation sites (N-methyl/N-ethyl adjacent to an activating group) is 1. The quantitative estimate of drug-likeness (QED) is 0.308. The Kier molecular flexibility index (Phi) is 10.7. The molecule has 0 heterocycles. The van der Waals surface area contributed by atoms with E-state index in [1.165, 1.54) is 0 Å². The summed E-state index contributed by atoms with van der Waals surface area (Å²) in [5.74, 6) is 2.46. The average Bonchev–Trinajstić information content (AvgIpc) is 2.75. The second kappa shape index (κ2) is 13.5. The van der Waals surface area contributed by atoms with Crippen molar-refractivity contribution < 1.29 is 14.2 Å². The molecule has 0 spiro atoms. The maximum atomic E-state index is 5.87. The molecule has 0 unspecified atom stereocenters. The van der Waals surface area contributed by atoms with Crippen LogP contribution in [0.1, 0.15) is 16.7 Å². The standard InChI is InChI=1S/C24H36N4O3/c1-19-9-10-21(23(15-19)31-14-13-29-5)18-27-24(25-2)26-17-20-7-6-8-22(16-20)30-12-11-28(3)4/h6-10,15-16H,11-14,17-18H2,1-5H3,(H2,25,26,27). The Morgan fingerprint density at radius 3 is 2.52 bits per heavy atom. The maximum absolute atomic E-state index is 5.87. The van der Waals surface area contributed by atoms with Gasteiger partial charge in [-0.15, -0.1) is 0 Å². The summed E-state index contributed by atoms with van der Waals surface area (Å²) in [6.45, 7) is 5.94. The fourth-order valence-electron chi connectivity index (χ4n) is 2.85. The molecule has 2 aromatic rings. The molecule has 7 nitrogen and oxygen atoms in total. The number of rotatable bonds is 12. The predicted octanol–water partition coefficient (Wildman–Crippen LogP) is 2.83. The number of methoxy groups -OCH3 is 1. The molecule has 0 bridgehead atoms. The van der Waals surface area contributed by atoms with Crippen LogP contribution in [0.2, 0.25) is 0 Å².